The van der Waals surface area contributed by atoms with E-state index < -0.39 is 24.0 Å². The van der Waals surface area contributed by atoms with Crippen molar-refractivity contribution in [3.05, 3.63) is 99.5 Å². The van der Waals surface area contributed by atoms with E-state index in [1.54, 1.807) is 25.3 Å². The number of carbonyl (C=O) groups is 2. The summed E-state index contributed by atoms with van der Waals surface area (Å²) in [7, 11) is 0. The van der Waals surface area contributed by atoms with Crippen LogP contribution in [0, 0.1) is 0 Å². The Labute approximate surface area is 221 Å². The number of hydrogen-bond acceptors (Lipinski definition) is 4. The van der Waals surface area contributed by atoms with Gasteiger partial charge in [0.15, 0.2) is 6.10 Å². The average Bonchev–Trinajstić information content (AvgIpc) is 2.86. The van der Waals surface area contributed by atoms with Gasteiger partial charge in [-0.1, -0.05) is 91.6 Å². The molecule has 2 N–H and O–H groups in total. The van der Waals surface area contributed by atoms with Crippen LogP contribution >= 0.6 is 23.2 Å². The Hall–Kier alpha value is -3.35. The number of hydrogen-bond donors (Lipinski definition) is 2. The van der Waals surface area contributed by atoms with Gasteiger partial charge < -0.3 is 10.1 Å². The second kappa shape index (κ2) is 13.1. The minimum atomic E-state index is -0.905. The normalized spacial score (nSPS) is 12.8. The Balaban J connectivity index is 1.67. The third-order valence-corrected chi connectivity index (χ3v) is 6.00. The summed E-state index contributed by atoms with van der Waals surface area (Å²) in [6.07, 6.45) is 0.945. The van der Waals surface area contributed by atoms with Gasteiger partial charge in [0, 0.05) is 11.4 Å². The molecular formula is C28H29Cl2N3O3. The van der Waals surface area contributed by atoms with Gasteiger partial charge in [0.25, 0.3) is 11.8 Å². The van der Waals surface area contributed by atoms with Crippen LogP contribution in [0.3, 0.4) is 0 Å². The highest BCUT2D eigenvalue weighted by Crippen LogP contribution is 2.28. The van der Waals surface area contributed by atoms with Crippen LogP contribution in [0.4, 0.5) is 0 Å². The number of ether oxygens (including phenoxy) is 1. The minimum Gasteiger partial charge on any atom is -0.479 e. The predicted octanol–water partition coefficient (Wildman–Crippen LogP) is 5.76. The summed E-state index contributed by atoms with van der Waals surface area (Å²) in [4.78, 5) is 25.9. The van der Waals surface area contributed by atoms with E-state index in [0.29, 0.717) is 16.7 Å². The zero-order valence-electron chi connectivity index (χ0n) is 20.4. The molecule has 2 amide bonds. The molecule has 0 aliphatic rings. The molecule has 3 rings (SSSR count). The summed E-state index contributed by atoms with van der Waals surface area (Å²) >= 11 is 12.1. The van der Waals surface area contributed by atoms with Crippen molar-refractivity contribution in [2.24, 2.45) is 5.10 Å². The third kappa shape index (κ3) is 8.11. The lowest BCUT2D eigenvalue weighted by Gasteiger charge is -2.21. The highest BCUT2D eigenvalue weighted by Gasteiger charge is 2.25. The maximum atomic E-state index is 13.0. The molecule has 3 aromatic rings. The highest BCUT2D eigenvalue weighted by molar-refractivity contribution is 6.35. The van der Waals surface area contributed by atoms with E-state index in [-0.39, 0.29) is 11.4 Å². The van der Waals surface area contributed by atoms with E-state index in [0.717, 1.165) is 11.1 Å². The van der Waals surface area contributed by atoms with Crippen molar-refractivity contribution in [1.29, 1.82) is 0 Å². The van der Waals surface area contributed by atoms with Crippen molar-refractivity contribution in [1.82, 2.24) is 10.7 Å². The fourth-order valence-corrected chi connectivity index (χ4v) is 3.83. The fraction of sp³-hybridized carbons (Fsp3) is 0.250. The summed E-state index contributed by atoms with van der Waals surface area (Å²) < 4.78 is 5.69. The first kappa shape index (κ1) is 27.2. The second-order valence-corrected chi connectivity index (χ2v) is 9.48. The molecule has 6 nitrogen and oxygen atoms in total. The van der Waals surface area contributed by atoms with Crippen molar-refractivity contribution in [3.63, 3.8) is 0 Å². The number of hydrazone groups is 1. The second-order valence-electron chi connectivity index (χ2n) is 8.64. The molecule has 0 fully saturated rings. The summed E-state index contributed by atoms with van der Waals surface area (Å²) in [5.41, 5.74) is 5.50. The zero-order chi connectivity index (χ0) is 26.1. The first-order valence-corrected chi connectivity index (χ1v) is 12.4. The molecule has 0 saturated heterocycles. The Morgan fingerprint density at radius 1 is 0.944 bits per heavy atom. The molecule has 36 heavy (non-hydrogen) atoms. The topological polar surface area (TPSA) is 79.8 Å². The van der Waals surface area contributed by atoms with Crippen LogP contribution in [-0.4, -0.2) is 30.2 Å². The molecule has 0 unspecified atom stereocenters. The van der Waals surface area contributed by atoms with E-state index in [9.17, 15) is 9.59 Å². The molecule has 2 atom stereocenters. The molecule has 188 valence electrons. The molecule has 0 spiro atoms. The Morgan fingerprint density at radius 2 is 1.64 bits per heavy atom. The number of rotatable bonds is 10. The molecule has 0 aliphatic carbocycles. The lowest BCUT2D eigenvalue weighted by molar-refractivity contribution is -0.132. The number of carbonyl (C=O) groups excluding carboxylic acids is 2. The van der Waals surface area contributed by atoms with E-state index in [4.69, 9.17) is 27.9 Å². The summed E-state index contributed by atoms with van der Waals surface area (Å²) in [6, 6.07) is 21.2. The first-order chi connectivity index (χ1) is 17.2. The Bertz CT molecular complexity index is 1200. The zero-order valence-corrected chi connectivity index (χ0v) is 21.9. The van der Waals surface area contributed by atoms with Crippen LogP contribution in [-0.2, 0) is 16.0 Å². The minimum absolute atomic E-state index is 0.283. The van der Waals surface area contributed by atoms with Crippen LogP contribution in [0.1, 0.15) is 43.4 Å². The van der Waals surface area contributed by atoms with Gasteiger partial charge in [0.1, 0.15) is 11.8 Å². The van der Waals surface area contributed by atoms with Crippen LogP contribution < -0.4 is 15.5 Å². The lowest BCUT2D eigenvalue weighted by Crippen LogP contribution is -2.50. The van der Waals surface area contributed by atoms with Gasteiger partial charge in [-0.05, 0) is 47.7 Å². The molecule has 0 bridgehead atoms. The third-order valence-electron chi connectivity index (χ3n) is 5.47. The van der Waals surface area contributed by atoms with Crippen LogP contribution in [0.25, 0.3) is 0 Å². The van der Waals surface area contributed by atoms with Gasteiger partial charge in [-0.2, -0.15) is 5.10 Å². The van der Waals surface area contributed by atoms with Crippen LogP contribution in [0.2, 0.25) is 10.0 Å². The SMILES string of the molecule is CC(C)c1ccc(/C=N\NC(=O)[C@@H](Cc2ccccc2)NC(=O)[C@H](C)Oc2ccc(Cl)cc2Cl)cc1. The quantitative estimate of drug-likeness (QED) is 0.260. The molecule has 8 heteroatoms. The summed E-state index contributed by atoms with van der Waals surface area (Å²) in [5, 5.41) is 7.59. The van der Waals surface area contributed by atoms with Crippen LogP contribution in [0.15, 0.2) is 77.9 Å². The molecule has 0 radical (unpaired) electrons. The van der Waals surface area contributed by atoms with E-state index in [1.165, 1.54) is 11.6 Å². The predicted molar refractivity (Wildman–Crippen MR) is 145 cm³/mol. The van der Waals surface area contributed by atoms with Gasteiger partial charge in [-0.3, -0.25) is 9.59 Å². The van der Waals surface area contributed by atoms with Crippen LogP contribution in [0.5, 0.6) is 5.75 Å². The Morgan fingerprint density at radius 3 is 2.28 bits per heavy atom. The van der Waals surface area contributed by atoms with Gasteiger partial charge in [0.05, 0.1) is 11.2 Å². The monoisotopic (exact) mass is 525 g/mol. The molecule has 0 aromatic heterocycles. The largest absolute Gasteiger partial charge is 0.479 e. The molecule has 0 aliphatic heterocycles. The first-order valence-electron chi connectivity index (χ1n) is 11.6. The standard InChI is InChI=1S/C28H29Cl2N3O3/c1-18(2)22-11-9-21(10-12-22)17-31-33-28(35)25(15-20-7-5-4-6-8-20)32-27(34)19(3)36-26-14-13-23(29)16-24(26)30/h4-14,16-19,25H,15H2,1-3H3,(H,32,34)(H,33,35)/b31-17-/t19-,25+/m0/s1. The van der Waals surface area contributed by atoms with Crippen molar-refractivity contribution in [2.75, 3.05) is 0 Å². The number of benzene rings is 3. The van der Waals surface area contributed by atoms with Gasteiger partial charge in [0.2, 0.25) is 0 Å². The highest BCUT2D eigenvalue weighted by atomic mass is 35.5. The van der Waals surface area contributed by atoms with Crippen molar-refractivity contribution >= 4 is 41.2 Å². The lowest BCUT2D eigenvalue weighted by atomic mass is 10.0. The maximum Gasteiger partial charge on any atom is 0.262 e. The van der Waals surface area contributed by atoms with Crippen molar-refractivity contribution in [2.45, 2.75) is 45.3 Å². The van der Waals surface area contributed by atoms with E-state index >= 15 is 0 Å². The molecule has 3 aromatic carbocycles. The maximum absolute atomic E-state index is 13.0. The van der Waals surface area contributed by atoms with Crippen molar-refractivity contribution < 1.29 is 14.3 Å². The molecule has 0 heterocycles. The van der Waals surface area contributed by atoms with Crippen molar-refractivity contribution in [3.8, 4) is 5.75 Å². The van der Waals surface area contributed by atoms with Gasteiger partial charge in [-0.15, -0.1) is 0 Å². The van der Waals surface area contributed by atoms with E-state index in [1.807, 2.05) is 54.6 Å². The number of amides is 2. The fourth-order valence-electron chi connectivity index (χ4n) is 3.38. The number of nitrogens with zero attached hydrogens (tertiary/aromatic N) is 1. The molecule has 0 saturated carbocycles. The number of halogens is 2. The Kier molecular flexibility index (Phi) is 9.91. The van der Waals surface area contributed by atoms with E-state index in [2.05, 4.69) is 29.7 Å². The van der Waals surface area contributed by atoms with Gasteiger partial charge >= 0.3 is 0 Å². The number of nitrogens with one attached hydrogen (secondary N) is 2. The molecular weight excluding hydrogens is 497 g/mol. The average molecular weight is 526 g/mol. The smallest absolute Gasteiger partial charge is 0.262 e. The summed E-state index contributed by atoms with van der Waals surface area (Å²) in [6.45, 7) is 5.83. The summed E-state index contributed by atoms with van der Waals surface area (Å²) in [5.74, 6) is -0.162. The van der Waals surface area contributed by atoms with Gasteiger partial charge in [-0.25, -0.2) is 5.43 Å².